The second-order valence-corrected chi connectivity index (χ2v) is 8.45. The van der Waals surface area contributed by atoms with E-state index >= 15 is 0 Å². The number of piperidine rings is 1. The molecule has 3 amide bonds. The number of rotatable bonds is 6. The fraction of sp³-hybridized carbons (Fsp3) is 0.545. The van der Waals surface area contributed by atoms with Crippen molar-refractivity contribution in [1.29, 1.82) is 0 Å². The molecule has 0 bridgehead atoms. The van der Waals surface area contributed by atoms with E-state index < -0.39 is 5.92 Å². The lowest BCUT2D eigenvalue weighted by Crippen LogP contribution is -2.48. The highest BCUT2D eigenvalue weighted by Gasteiger charge is 2.37. The van der Waals surface area contributed by atoms with Crippen molar-refractivity contribution in [2.45, 2.75) is 26.2 Å². The summed E-state index contributed by atoms with van der Waals surface area (Å²) in [5.41, 5.74) is 0.657. The molecular formula is C22H28ClN3O5. The first kappa shape index (κ1) is 23.1. The van der Waals surface area contributed by atoms with Crippen molar-refractivity contribution in [1.82, 2.24) is 9.80 Å². The predicted octanol–water partition coefficient (Wildman–Crippen LogP) is 1.95. The second-order valence-electron chi connectivity index (χ2n) is 8.01. The first-order chi connectivity index (χ1) is 14.8. The molecule has 168 valence electrons. The van der Waals surface area contributed by atoms with Gasteiger partial charge in [0.2, 0.25) is 17.7 Å². The number of halogens is 1. The van der Waals surface area contributed by atoms with Crippen molar-refractivity contribution in [3.05, 3.63) is 29.3 Å². The molecule has 0 aromatic heterocycles. The number of likely N-dealkylation sites (tertiary alicyclic amines) is 1. The van der Waals surface area contributed by atoms with Crippen LogP contribution in [0, 0.1) is 11.8 Å². The summed E-state index contributed by atoms with van der Waals surface area (Å²) in [6.07, 6.45) is 1.51. The summed E-state index contributed by atoms with van der Waals surface area (Å²) in [4.78, 5) is 54.6. The average Bonchev–Trinajstić information content (AvgIpc) is 3.15. The molecule has 1 aromatic rings. The summed E-state index contributed by atoms with van der Waals surface area (Å²) in [5, 5.41) is 0.519. The Morgan fingerprint density at radius 2 is 2.00 bits per heavy atom. The van der Waals surface area contributed by atoms with E-state index in [4.69, 9.17) is 16.3 Å². The van der Waals surface area contributed by atoms with Crippen LogP contribution < -0.4 is 4.90 Å². The molecule has 0 saturated carbocycles. The van der Waals surface area contributed by atoms with Crippen LogP contribution in [0.3, 0.4) is 0 Å². The Balaban J connectivity index is 1.56. The third kappa shape index (κ3) is 5.55. The molecule has 0 aliphatic carbocycles. The van der Waals surface area contributed by atoms with Crippen LogP contribution in [0.15, 0.2) is 24.3 Å². The Hall–Kier alpha value is -2.61. The van der Waals surface area contributed by atoms with Crippen LogP contribution in [-0.4, -0.2) is 73.3 Å². The molecular weight excluding hydrogens is 422 g/mol. The van der Waals surface area contributed by atoms with Crippen molar-refractivity contribution >= 4 is 41.0 Å². The molecule has 2 fully saturated rings. The maximum atomic E-state index is 12.9. The minimum absolute atomic E-state index is 0.0871. The van der Waals surface area contributed by atoms with Crippen LogP contribution in [-0.2, 0) is 23.9 Å². The Kier molecular flexibility index (Phi) is 7.54. The third-order valence-corrected chi connectivity index (χ3v) is 5.97. The summed E-state index contributed by atoms with van der Waals surface area (Å²) in [5.74, 6) is -1.72. The first-order valence-corrected chi connectivity index (χ1v) is 10.9. The van der Waals surface area contributed by atoms with Gasteiger partial charge in [0, 0.05) is 43.8 Å². The molecule has 2 saturated heterocycles. The van der Waals surface area contributed by atoms with Gasteiger partial charge in [-0.25, -0.2) is 0 Å². The number of carbonyl (C=O) groups excluding carboxylic acids is 4. The molecule has 2 heterocycles. The Bertz CT molecular complexity index is 861. The first-order valence-electron chi connectivity index (χ1n) is 10.6. The van der Waals surface area contributed by atoms with Gasteiger partial charge in [0.15, 0.2) is 0 Å². The van der Waals surface area contributed by atoms with Crippen LogP contribution in [0.4, 0.5) is 5.69 Å². The quantitative estimate of drug-likeness (QED) is 0.619. The maximum Gasteiger partial charge on any atom is 0.310 e. The topological polar surface area (TPSA) is 87.2 Å². The Morgan fingerprint density at radius 1 is 1.23 bits per heavy atom. The molecule has 3 rings (SSSR count). The van der Waals surface area contributed by atoms with Crippen molar-refractivity contribution in [3.8, 4) is 0 Å². The summed E-state index contributed by atoms with van der Waals surface area (Å²) in [6.45, 7) is 3.10. The highest BCUT2D eigenvalue weighted by molar-refractivity contribution is 6.31. The SMILES string of the molecule is CCOC(=O)C1CCCN(C(=O)CN(C)C(=O)C2CC(=O)N(c3cccc(Cl)c3)C2)C1. The van der Waals surface area contributed by atoms with Gasteiger partial charge in [0.1, 0.15) is 0 Å². The predicted molar refractivity (Wildman–Crippen MR) is 115 cm³/mol. The van der Waals surface area contributed by atoms with Gasteiger partial charge in [0.25, 0.3) is 0 Å². The average molecular weight is 450 g/mol. The van der Waals surface area contributed by atoms with Gasteiger partial charge in [-0.3, -0.25) is 19.2 Å². The van der Waals surface area contributed by atoms with Gasteiger partial charge in [0.05, 0.1) is 25.0 Å². The Morgan fingerprint density at radius 3 is 2.71 bits per heavy atom. The van der Waals surface area contributed by atoms with Crippen LogP contribution in [0.2, 0.25) is 5.02 Å². The minimum atomic E-state index is -0.516. The van der Waals surface area contributed by atoms with E-state index in [1.807, 2.05) is 0 Å². The Labute approximate surface area is 187 Å². The summed E-state index contributed by atoms with van der Waals surface area (Å²) in [6, 6.07) is 6.95. The molecule has 8 nitrogen and oxygen atoms in total. The number of ether oxygens (including phenoxy) is 1. The highest BCUT2D eigenvalue weighted by atomic mass is 35.5. The number of hydrogen-bond acceptors (Lipinski definition) is 5. The van der Waals surface area contributed by atoms with Crippen molar-refractivity contribution < 1.29 is 23.9 Å². The zero-order valence-corrected chi connectivity index (χ0v) is 18.6. The molecule has 2 unspecified atom stereocenters. The molecule has 0 spiro atoms. The van der Waals surface area contributed by atoms with Crippen LogP contribution in [0.1, 0.15) is 26.2 Å². The smallest absolute Gasteiger partial charge is 0.310 e. The molecule has 9 heteroatoms. The van der Waals surface area contributed by atoms with E-state index in [0.717, 1.165) is 6.42 Å². The lowest BCUT2D eigenvalue weighted by atomic mass is 9.98. The molecule has 2 aliphatic rings. The van der Waals surface area contributed by atoms with Crippen LogP contribution >= 0.6 is 11.6 Å². The van der Waals surface area contributed by atoms with E-state index in [2.05, 4.69) is 0 Å². The summed E-state index contributed by atoms with van der Waals surface area (Å²) < 4.78 is 5.07. The number of likely N-dealkylation sites (N-methyl/N-ethyl adjacent to an activating group) is 1. The molecule has 2 atom stereocenters. The number of anilines is 1. The van der Waals surface area contributed by atoms with E-state index in [-0.39, 0.29) is 49.1 Å². The number of benzene rings is 1. The van der Waals surface area contributed by atoms with Crippen molar-refractivity contribution in [2.24, 2.45) is 11.8 Å². The number of hydrogen-bond donors (Lipinski definition) is 0. The monoisotopic (exact) mass is 449 g/mol. The fourth-order valence-corrected chi connectivity index (χ4v) is 4.30. The van der Waals surface area contributed by atoms with Gasteiger partial charge < -0.3 is 19.4 Å². The van der Waals surface area contributed by atoms with Gasteiger partial charge in [-0.2, -0.15) is 0 Å². The number of amides is 3. The van der Waals surface area contributed by atoms with E-state index in [9.17, 15) is 19.2 Å². The van der Waals surface area contributed by atoms with Crippen molar-refractivity contribution in [2.75, 3.05) is 44.7 Å². The third-order valence-electron chi connectivity index (χ3n) is 5.74. The van der Waals surface area contributed by atoms with E-state index in [0.29, 0.717) is 36.8 Å². The van der Waals surface area contributed by atoms with Gasteiger partial charge >= 0.3 is 5.97 Å². The lowest BCUT2D eigenvalue weighted by molar-refractivity contribution is -0.152. The highest BCUT2D eigenvalue weighted by Crippen LogP contribution is 2.28. The van der Waals surface area contributed by atoms with Gasteiger partial charge in [-0.1, -0.05) is 17.7 Å². The second kappa shape index (κ2) is 10.1. The number of nitrogens with zero attached hydrogens (tertiary/aromatic N) is 3. The van der Waals surface area contributed by atoms with Crippen LogP contribution in [0.5, 0.6) is 0 Å². The zero-order valence-electron chi connectivity index (χ0n) is 17.9. The molecule has 1 aromatic carbocycles. The molecule has 2 aliphatic heterocycles. The lowest BCUT2D eigenvalue weighted by Gasteiger charge is -2.33. The summed E-state index contributed by atoms with van der Waals surface area (Å²) in [7, 11) is 1.57. The maximum absolute atomic E-state index is 12.9. The van der Waals surface area contributed by atoms with Gasteiger partial charge in [-0.15, -0.1) is 0 Å². The minimum Gasteiger partial charge on any atom is -0.466 e. The largest absolute Gasteiger partial charge is 0.466 e. The zero-order chi connectivity index (χ0) is 22.5. The molecule has 0 N–H and O–H groups in total. The molecule has 31 heavy (non-hydrogen) atoms. The fourth-order valence-electron chi connectivity index (χ4n) is 4.12. The number of carbonyl (C=O) groups is 4. The van der Waals surface area contributed by atoms with E-state index in [1.165, 1.54) is 4.90 Å². The number of esters is 1. The van der Waals surface area contributed by atoms with Crippen molar-refractivity contribution in [3.63, 3.8) is 0 Å². The van der Waals surface area contributed by atoms with Gasteiger partial charge in [-0.05, 0) is 38.0 Å². The summed E-state index contributed by atoms with van der Waals surface area (Å²) >= 11 is 6.01. The molecule has 0 radical (unpaired) electrons. The standard InChI is InChI=1S/C22H28ClN3O5/c1-3-31-22(30)15-6-5-9-25(12-15)20(28)14-24(2)21(29)16-10-19(27)26(13-16)18-8-4-7-17(23)11-18/h4,7-8,11,15-16H,3,5-6,9-10,12-14H2,1-2H3. The normalized spacial score (nSPS) is 21.2. The van der Waals surface area contributed by atoms with Crippen LogP contribution in [0.25, 0.3) is 0 Å². The van der Waals surface area contributed by atoms with E-state index in [1.54, 1.807) is 48.0 Å².